The minimum absolute atomic E-state index is 0.591. The third-order valence-corrected chi connectivity index (χ3v) is 4.07. The largest absolute Gasteiger partial charge is 0.382 e. The number of hydrogen-bond donors (Lipinski definition) is 1. The van der Waals surface area contributed by atoms with Gasteiger partial charge in [0.25, 0.3) is 0 Å². The van der Waals surface area contributed by atoms with Crippen molar-refractivity contribution in [1.82, 2.24) is 0 Å². The van der Waals surface area contributed by atoms with Gasteiger partial charge in [0, 0.05) is 16.2 Å². The van der Waals surface area contributed by atoms with E-state index in [1.54, 1.807) is 0 Å². The predicted octanol–water partition coefficient (Wildman–Crippen LogP) is 5.98. The molecule has 0 aliphatic rings. The van der Waals surface area contributed by atoms with Gasteiger partial charge in [-0.15, -0.1) is 0 Å². The van der Waals surface area contributed by atoms with E-state index in [2.05, 4.69) is 71.5 Å². The number of benzene rings is 2. The van der Waals surface area contributed by atoms with Crippen molar-refractivity contribution in [2.75, 3.05) is 5.32 Å². The fourth-order valence-corrected chi connectivity index (χ4v) is 2.75. The summed E-state index contributed by atoms with van der Waals surface area (Å²) in [6.07, 6.45) is 5.00. The molecule has 0 bridgehead atoms. The zero-order valence-electron chi connectivity index (χ0n) is 11.7. The van der Waals surface area contributed by atoms with Gasteiger partial charge >= 0.3 is 0 Å². The van der Waals surface area contributed by atoms with Crippen molar-refractivity contribution in [2.24, 2.45) is 0 Å². The highest BCUT2D eigenvalue weighted by atomic mass is 79.9. The van der Waals surface area contributed by atoms with Gasteiger partial charge in [-0.1, -0.05) is 54.8 Å². The molecule has 0 saturated heterocycles. The highest BCUT2D eigenvalue weighted by molar-refractivity contribution is 9.10. The van der Waals surface area contributed by atoms with Crippen LogP contribution < -0.4 is 5.32 Å². The average Bonchev–Trinajstić information content (AvgIpc) is 2.43. The number of rotatable bonds is 6. The fraction of sp³-hybridized carbons (Fsp3) is 0.412. The lowest BCUT2D eigenvalue weighted by Crippen LogP contribution is -2.18. The Kier molecular flexibility index (Phi) is 5.26. The van der Waals surface area contributed by atoms with Gasteiger partial charge in [-0.25, -0.2) is 0 Å². The quantitative estimate of drug-likeness (QED) is 0.690. The number of halogens is 1. The molecular formula is C17H22BrN. The Labute approximate surface area is 124 Å². The number of anilines is 1. The zero-order chi connectivity index (χ0) is 13.7. The molecule has 19 heavy (non-hydrogen) atoms. The topological polar surface area (TPSA) is 12.0 Å². The minimum atomic E-state index is 0.591. The van der Waals surface area contributed by atoms with Crippen molar-refractivity contribution in [3.63, 3.8) is 0 Å². The Morgan fingerprint density at radius 2 is 1.79 bits per heavy atom. The molecule has 0 fully saturated rings. The summed E-state index contributed by atoms with van der Waals surface area (Å²) in [7, 11) is 0. The van der Waals surface area contributed by atoms with E-state index in [1.807, 2.05) is 0 Å². The second-order valence-corrected chi connectivity index (χ2v) is 6.01. The van der Waals surface area contributed by atoms with Crippen molar-refractivity contribution in [3.8, 4) is 0 Å². The van der Waals surface area contributed by atoms with Crippen LogP contribution in [0, 0.1) is 0 Å². The number of hydrogen-bond acceptors (Lipinski definition) is 1. The lowest BCUT2D eigenvalue weighted by Gasteiger charge is -2.18. The van der Waals surface area contributed by atoms with Crippen LogP contribution in [0.4, 0.5) is 5.69 Å². The van der Waals surface area contributed by atoms with Gasteiger partial charge in [-0.3, -0.25) is 0 Å². The Morgan fingerprint density at radius 3 is 2.53 bits per heavy atom. The number of unbranched alkanes of at least 4 members (excludes halogenated alkanes) is 1. The molecule has 102 valence electrons. The van der Waals surface area contributed by atoms with Crippen LogP contribution in [0.25, 0.3) is 10.8 Å². The first-order valence-electron chi connectivity index (χ1n) is 7.18. The lowest BCUT2D eigenvalue weighted by atomic mass is 10.1. The predicted molar refractivity (Wildman–Crippen MR) is 88.9 cm³/mol. The summed E-state index contributed by atoms with van der Waals surface area (Å²) in [6.45, 7) is 4.51. The van der Waals surface area contributed by atoms with Gasteiger partial charge in [0.2, 0.25) is 0 Å². The van der Waals surface area contributed by atoms with Crippen LogP contribution in [0.3, 0.4) is 0 Å². The van der Waals surface area contributed by atoms with Gasteiger partial charge in [0.1, 0.15) is 0 Å². The monoisotopic (exact) mass is 319 g/mol. The van der Waals surface area contributed by atoms with Gasteiger partial charge < -0.3 is 5.32 Å². The standard InChI is InChI=1S/C17H22BrN/c1-3-5-6-16(4-2)19-17-10-8-13-11-15(18)9-7-14(13)12-17/h7-12,16,19H,3-6H2,1-2H3. The van der Waals surface area contributed by atoms with E-state index in [0.717, 1.165) is 4.47 Å². The van der Waals surface area contributed by atoms with Gasteiger partial charge in [0.05, 0.1) is 0 Å². The van der Waals surface area contributed by atoms with Crippen LogP contribution >= 0.6 is 15.9 Å². The average molecular weight is 320 g/mol. The number of fused-ring (bicyclic) bond motifs is 1. The first-order chi connectivity index (χ1) is 9.22. The van der Waals surface area contributed by atoms with Crippen LogP contribution in [0.1, 0.15) is 39.5 Å². The third-order valence-electron chi connectivity index (χ3n) is 3.57. The molecule has 1 N–H and O–H groups in total. The maximum absolute atomic E-state index is 3.66. The van der Waals surface area contributed by atoms with Gasteiger partial charge in [0.15, 0.2) is 0 Å². The molecule has 0 saturated carbocycles. The molecule has 2 heteroatoms. The summed E-state index contributed by atoms with van der Waals surface area (Å²) in [4.78, 5) is 0. The summed E-state index contributed by atoms with van der Waals surface area (Å²) >= 11 is 3.52. The van der Waals surface area contributed by atoms with E-state index in [4.69, 9.17) is 0 Å². The molecular weight excluding hydrogens is 298 g/mol. The summed E-state index contributed by atoms with van der Waals surface area (Å²) < 4.78 is 1.13. The van der Waals surface area contributed by atoms with Crippen molar-refractivity contribution in [2.45, 2.75) is 45.6 Å². The smallest absolute Gasteiger partial charge is 0.0348 e. The molecule has 0 aromatic heterocycles. The van der Waals surface area contributed by atoms with E-state index in [-0.39, 0.29) is 0 Å². The van der Waals surface area contributed by atoms with Crippen molar-refractivity contribution >= 4 is 32.4 Å². The fourth-order valence-electron chi connectivity index (χ4n) is 2.37. The highest BCUT2D eigenvalue weighted by Crippen LogP contribution is 2.24. The maximum Gasteiger partial charge on any atom is 0.0348 e. The van der Waals surface area contributed by atoms with Crippen molar-refractivity contribution in [1.29, 1.82) is 0 Å². The molecule has 0 aliphatic carbocycles. The molecule has 0 heterocycles. The summed E-state index contributed by atoms with van der Waals surface area (Å²) in [5.74, 6) is 0. The van der Waals surface area contributed by atoms with E-state index in [9.17, 15) is 0 Å². The molecule has 0 amide bonds. The molecule has 0 aliphatic heterocycles. The minimum Gasteiger partial charge on any atom is -0.382 e. The summed E-state index contributed by atoms with van der Waals surface area (Å²) in [5.41, 5.74) is 1.23. The van der Waals surface area contributed by atoms with Crippen molar-refractivity contribution < 1.29 is 0 Å². The van der Waals surface area contributed by atoms with E-state index < -0.39 is 0 Å². The summed E-state index contributed by atoms with van der Waals surface area (Å²) in [5, 5.41) is 6.23. The van der Waals surface area contributed by atoms with Gasteiger partial charge in [-0.2, -0.15) is 0 Å². The Hall–Kier alpha value is -1.02. The van der Waals surface area contributed by atoms with Crippen LogP contribution in [0.15, 0.2) is 40.9 Å². The van der Waals surface area contributed by atoms with E-state index in [0.29, 0.717) is 6.04 Å². The Bertz CT molecular complexity index is 536. The second kappa shape index (κ2) is 6.95. The third kappa shape index (κ3) is 3.97. The molecule has 1 atom stereocenters. The van der Waals surface area contributed by atoms with Crippen LogP contribution in [-0.2, 0) is 0 Å². The number of nitrogens with one attached hydrogen (secondary N) is 1. The van der Waals surface area contributed by atoms with E-state index >= 15 is 0 Å². The zero-order valence-corrected chi connectivity index (χ0v) is 13.3. The molecule has 0 radical (unpaired) electrons. The molecule has 2 aromatic carbocycles. The first kappa shape index (κ1) is 14.4. The molecule has 0 spiro atoms. The molecule has 1 nitrogen and oxygen atoms in total. The van der Waals surface area contributed by atoms with Crippen LogP contribution in [0.2, 0.25) is 0 Å². The lowest BCUT2D eigenvalue weighted by molar-refractivity contribution is 0.593. The highest BCUT2D eigenvalue weighted by Gasteiger charge is 2.05. The first-order valence-corrected chi connectivity index (χ1v) is 7.98. The van der Waals surface area contributed by atoms with Gasteiger partial charge in [-0.05, 0) is 47.9 Å². The Balaban J connectivity index is 2.14. The normalized spacial score (nSPS) is 12.6. The SMILES string of the molecule is CCCCC(CC)Nc1ccc2cc(Br)ccc2c1. The molecule has 2 rings (SSSR count). The second-order valence-electron chi connectivity index (χ2n) is 5.10. The molecule has 2 aromatic rings. The maximum atomic E-state index is 3.66. The van der Waals surface area contributed by atoms with Crippen LogP contribution in [0.5, 0.6) is 0 Å². The van der Waals surface area contributed by atoms with E-state index in [1.165, 1.54) is 42.1 Å². The summed E-state index contributed by atoms with van der Waals surface area (Å²) in [6, 6.07) is 13.6. The van der Waals surface area contributed by atoms with Crippen molar-refractivity contribution in [3.05, 3.63) is 40.9 Å². The van der Waals surface area contributed by atoms with Crippen LogP contribution in [-0.4, -0.2) is 6.04 Å². The molecule has 1 unspecified atom stereocenters. The Morgan fingerprint density at radius 1 is 1.05 bits per heavy atom.